The van der Waals surface area contributed by atoms with Crippen molar-refractivity contribution in [1.82, 2.24) is 15.2 Å². The van der Waals surface area contributed by atoms with E-state index in [2.05, 4.69) is 15.2 Å². The maximum atomic E-state index is 13.6. The molecule has 0 spiro atoms. The fourth-order valence-corrected chi connectivity index (χ4v) is 3.35. The van der Waals surface area contributed by atoms with Crippen LogP contribution in [0.1, 0.15) is 17.2 Å². The van der Waals surface area contributed by atoms with Crippen molar-refractivity contribution in [3.05, 3.63) is 35.1 Å². The molecule has 0 amide bonds. The third-order valence-electron chi connectivity index (χ3n) is 4.31. The molecule has 3 aliphatic heterocycles. The van der Waals surface area contributed by atoms with Crippen LogP contribution in [0, 0.1) is 12.7 Å². The normalized spacial score (nSPS) is 31.4. The highest BCUT2D eigenvalue weighted by atomic mass is 19.1. The summed E-state index contributed by atoms with van der Waals surface area (Å²) in [4.78, 5) is 4.92. The summed E-state index contributed by atoms with van der Waals surface area (Å²) in [6, 6.07) is 5.47. The Morgan fingerprint density at radius 2 is 2.00 bits per heavy atom. The van der Waals surface area contributed by atoms with Crippen LogP contribution in [-0.4, -0.2) is 48.6 Å². The van der Waals surface area contributed by atoms with Crippen molar-refractivity contribution < 1.29 is 4.39 Å². The zero-order valence-corrected chi connectivity index (χ0v) is 11.3. The van der Waals surface area contributed by atoms with Gasteiger partial charge in [-0.2, -0.15) is 0 Å². The topological polar surface area (TPSA) is 44.5 Å². The summed E-state index contributed by atoms with van der Waals surface area (Å²) in [6.07, 6.45) is 0. The van der Waals surface area contributed by atoms with Crippen LogP contribution >= 0.6 is 0 Å². The number of hydrogen-bond donors (Lipinski definition) is 2. The van der Waals surface area contributed by atoms with Gasteiger partial charge in [-0.25, -0.2) is 4.39 Å². The van der Waals surface area contributed by atoms with Gasteiger partial charge in [-0.15, -0.1) is 0 Å². The summed E-state index contributed by atoms with van der Waals surface area (Å²) in [6.45, 7) is 7.35. The van der Waals surface area contributed by atoms with E-state index in [1.54, 1.807) is 12.1 Å². The lowest BCUT2D eigenvalue weighted by molar-refractivity contribution is -0.00373. The molecule has 3 saturated heterocycles. The molecule has 0 saturated carbocycles. The molecule has 1 aromatic rings. The van der Waals surface area contributed by atoms with E-state index in [9.17, 15) is 4.39 Å². The van der Waals surface area contributed by atoms with Crippen LogP contribution < -0.4 is 11.3 Å². The predicted molar refractivity (Wildman–Crippen MR) is 73.0 cm³/mol. The van der Waals surface area contributed by atoms with E-state index in [1.807, 2.05) is 13.0 Å². The Bertz CT molecular complexity index is 437. The van der Waals surface area contributed by atoms with Gasteiger partial charge in [-0.05, 0) is 30.2 Å². The lowest BCUT2D eigenvalue weighted by atomic mass is 9.93. The minimum absolute atomic E-state index is 0.0162. The first-order valence-corrected chi connectivity index (χ1v) is 6.87. The van der Waals surface area contributed by atoms with Crippen molar-refractivity contribution in [3.8, 4) is 0 Å². The quantitative estimate of drug-likeness (QED) is 0.621. The molecule has 1 aromatic carbocycles. The smallest absolute Gasteiger partial charge is 0.123 e. The van der Waals surface area contributed by atoms with Crippen LogP contribution in [0.2, 0.25) is 0 Å². The average Bonchev–Trinajstić information content (AvgIpc) is 2.40. The summed E-state index contributed by atoms with van der Waals surface area (Å²) in [7, 11) is 0. The predicted octanol–water partition coefficient (Wildman–Crippen LogP) is 0.638. The Balaban J connectivity index is 1.87. The Kier molecular flexibility index (Phi) is 3.54. The van der Waals surface area contributed by atoms with Gasteiger partial charge >= 0.3 is 0 Å². The fraction of sp³-hybridized carbons (Fsp3) is 0.571. The molecule has 3 aliphatic rings. The minimum Gasteiger partial charge on any atom is -0.299 e. The molecular weight excluding hydrogens is 243 g/mol. The lowest BCUT2D eigenvalue weighted by Crippen LogP contribution is -2.64. The van der Waals surface area contributed by atoms with Crippen molar-refractivity contribution in [3.63, 3.8) is 0 Å². The number of aryl methyl sites for hydroxylation is 1. The van der Waals surface area contributed by atoms with E-state index >= 15 is 0 Å². The highest BCUT2D eigenvalue weighted by molar-refractivity contribution is 5.27. The molecular formula is C14H21FN4. The van der Waals surface area contributed by atoms with Crippen molar-refractivity contribution in [2.45, 2.75) is 19.0 Å². The molecule has 3 heterocycles. The number of halogens is 1. The second-order valence-corrected chi connectivity index (χ2v) is 5.61. The van der Waals surface area contributed by atoms with Crippen molar-refractivity contribution in [2.75, 3.05) is 32.7 Å². The summed E-state index contributed by atoms with van der Waals surface area (Å²) in [5, 5.41) is 0. The van der Waals surface area contributed by atoms with Gasteiger partial charge in [0.2, 0.25) is 0 Å². The van der Waals surface area contributed by atoms with E-state index < -0.39 is 0 Å². The third kappa shape index (κ3) is 2.51. The standard InChI is InChI=1S/C14H21FN4/c1-10-6-11(8-12(15)7-10)14(17-16)13-9-18-2-4-19(13)5-3-18/h6-8,13-14,17H,2-5,9,16H2,1H3. The molecule has 2 atom stereocenters. The number of hydrogen-bond acceptors (Lipinski definition) is 4. The Morgan fingerprint density at radius 1 is 1.26 bits per heavy atom. The van der Waals surface area contributed by atoms with Crippen LogP contribution in [0.25, 0.3) is 0 Å². The lowest BCUT2D eigenvalue weighted by Gasteiger charge is -2.50. The molecule has 2 unspecified atom stereocenters. The average molecular weight is 264 g/mol. The van der Waals surface area contributed by atoms with Crippen molar-refractivity contribution in [2.24, 2.45) is 5.84 Å². The largest absolute Gasteiger partial charge is 0.299 e. The minimum atomic E-state index is -0.188. The van der Waals surface area contributed by atoms with Gasteiger partial charge in [0.1, 0.15) is 5.82 Å². The Morgan fingerprint density at radius 3 is 2.53 bits per heavy atom. The third-order valence-corrected chi connectivity index (χ3v) is 4.31. The number of benzene rings is 1. The highest BCUT2D eigenvalue weighted by Gasteiger charge is 2.37. The van der Waals surface area contributed by atoms with Crippen LogP contribution in [0.3, 0.4) is 0 Å². The monoisotopic (exact) mass is 264 g/mol. The van der Waals surface area contributed by atoms with E-state index in [0.717, 1.165) is 43.9 Å². The van der Waals surface area contributed by atoms with E-state index in [-0.39, 0.29) is 11.9 Å². The van der Waals surface area contributed by atoms with Crippen molar-refractivity contribution in [1.29, 1.82) is 0 Å². The molecule has 3 N–H and O–H groups in total. The zero-order valence-electron chi connectivity index (χ0n) is 11.3. The maximum Gasteiger partial charge on any atom is 0.123 e. The molecule has 19 heavy (non-hydrogen) atoms. The molecule has 0 aliphatic carbocycles. The van der Waals surface area contributed by atoms with Gasteiger partial charge in [0.05, 0.1) is 6.04 Å². The van der Waals surface area contributed by atoms with Gasteiger partial charge in [0.15, 0.2) is 0 Å². The first-order valence-electron chi connectivity index (χ1n) is 6.87. The van der Waals surface area contributed by atoms with E-state index in [1.165, 1.54) is 0 Å². The SMILES string of the molecule is Cc1cc(F)cc(C(NN)C2CN3CCN2CC3)c1. The van der Waals surface area contributed by atoms with Gasteiger partial charge in [-0.1, -0.05) is 6.07 Å². The Hall–Kier alpha value is -1.01. The zero-order chi connectivity index (χ0) is 13.4. The number of nitrogens with zero attached hydrogens (tertiary/aromatic N) is 2. The van der Waals surface area contributed by atoms with Gasteiger partial charge in [0.25, 0.3) is 0 Å². The first-order chi connectivity index (χ1) is 9.17. The van der Waals surface area contributed by atoms with Crippen LogP contribution in [0.4, 0.5) is 4.39 Å². The maximum absolute atomic E-state index is 13.6. The number of fused-ring (bicyclic) bond motifs is 3. The number of nitrogens with two attached hydrogens (primary N) is 1. The number of rotatable bonds is 3. The summed E-state index contributed by atoms with van der Waals surface area (Å²) >= 11 is 0. The van der Waals surface area contributed by atoms with Gasteiger partial charge < -0.3 is 0 Å². The van der Waals surface area contributed by atoms with Crippen LogP contribution in [-0.2, 0) is 0 Å². The van der Waals surface area contributed by atoms with Crippen molar-refractivity contribution >= 4 is 0 Å². The number of piperazine rings is 3. The molecule has 0 radical (unpaired) electrons. The van der Waals surface area contributed by atoms with Crippen LogP contribution in [0.5, 0.6) is 0 Å². The highest BCUT2D eigenvalue weighted by Crippen LogP contribution is 2.27. The summed E-state index contributed by atoms with van der Waals surface area (Å²) in [5.74, 6) is 5.56. The fourth-order valence-electron chi connectivity index (χ4n) is 3.35. The first kappa shape index (κ1) is 13.0. The second kappa shape index (κ2) is 5.17. The van der Waals surface area contributed by atoms with E-state index in [4.69, 9.17) is 5.84 Å². The summed E-state index contributed by atoms with van der Waals surface area (Å²) < 4.78 is 13.6. The molecule has 104 valence electrons. The summed E-state index contributed by atoms with van der Waals surface area (Å²) in [5.41, 5.74) is 4.77. The molecule has 4 nitrogen and oxygen atoms in total. The van der Waals surface area contributed by atoms with Crippen LogP contribution in [0.15, 0.2) is 18.2 Å². The molecule has 0 aromatic heterocycles. The molecule has 5 heteroatoms. The Labute approximate surface area is 113 Å². The molecule has 2 bridgehead atoms. The molecule has 4 rings (SSSR count). The van der Waals surface area contributed by atoms with E-state index in [0.29, 0.717) is 6.04 Å². The van der Waals surface area contributed by atoms with Gasteiger partial charge in [-0.3, -0.25) is 21.1 Å². The molecule has 3 fully saturated rings. The van der Waals surface area contributed by atoms with Gasteiger partial charge in [0, 0.05) is 38.8 Å². The second-order valence-electron chi connectivity index (χ2n) is 5.61. The number of hydrazine groups is 1. The number of nitrogens with one attached hydrogen (secondary N) is 1.